The van der Waals surface area contributed by atoms with E-state index in [1.165, 1.54) is 6.39 Å². The fourth-order valence-corrected chi connectivity index (χ4v) is 1.21. The van der Waals surface area contributed by atoms with Gasteiger partial charge < -0.3 is 10.2 Å². The molecule has 3 nitrogen and oxygen atoms in total. The van der Waals surface area contributed by atoms with E-state index < -0.39 is 0 Å². The summed E-state index contributed by atoms with van der Waals surface area (Å²) in [5.41, 5.74) is 7.73. The van der Waals surface area contributed by atoms with E-state index in [2.05, 4.69) is 4.98 Å². The molecule has 3 heteroatoms. The Morgan fingerprint density at radius 3 is 2.62 bits per heavy atom. The Kier molecular flexibility index (Phi) is 2.10. The van der Waals surface area contributed by atoms with Crippen LogP contribution >= 0.6 is 0 Å². The van der Waals surface area contributed by atoms with Crippen LogP contribution in [-0.2, 0) is 0 Å². The molecule has 2 aromatic rings. The molecule has 0 aliphatic heterocycles. The topological polar surface area (TPSA) is 52.0 Å². The lowest BCUT2D eigenvalue weighted by atomic mass is 10.1. The van der Waals surface area contributed by atoms with Crippen molar-refractivity contribution in [2.45, 2.75) is 6.04 Å². The van der Waals surface area contributed by atoms with Crippen LogP contribution in [0.4, 0.5) is 0 Å². The molecule has 2 rings (SSSR count). The van der Waals surface area contributed by atoms with Crippen molar-refractivity contribution in [3.05, 3.63) is 54.2 Å². The zero-order chi connectivity index (χ0) is 9.10. The minimum absolute atomic E-state index is 0.194. The number of rotatable bonds is 2. The molecule has 0 radical (unpaired) electrons. The predicted molar refractivity (Wildman–Crippen MR) is 49.0 cm³/mol. The van der Waals surface area contributed by atoms with Gasteiger partial charge in [-0.2, -0.15) is 0 Å². The fraction of sp³-hybridized carbons (Fsp3) is 0.100. The Hall–Kier alpha value is -1.61. The summed E-state index contributed by atoms with van der Waals surface area (Å²) >= 11 is 0. The minimum Gasteiger partial charge on any atom is -0.451 e. The zero-order valence-corrected chi connectivity index (χ0v) is 7.05. The van der Waals surface area contributed by atoms with Crippen LogP contribution in [0.25, 0.3) is 0 Å². The van der Waals surface area contributed by atoms with Gasteiger partial charge in [0, 0.05) is 0 Å². The second kappa shape index (κ2) is 3.41. The van der Waals surface area contributed by atoms with Crippen molar-refractivity contribution < 1.29 is 4.42 Å². The summed E-state index contributed by atoms with van der Waals surface area (Å²) in [4.78, 5) is 4.00. The van der Waals surface area contributed by atoms with Crippen LogP contribution in [0, 0.1) is 0 Å². The Balaban J connectivity index is 2.29. The SMILES string of the molecule is NC(c1ccccc1)c1cocn1. The van der Waals surface area contributed by atoms with E-state index >= 15 is 0 Å². The van der Waals surface area contributed by atoms with Gasteiger partial charge in [0.15, 0.2) is 6.39 Å². The molecular formula is C10H10N2O. The van der Waals surface area contributed by atoms with Crippen molar-refractivity contribution in [2.75, 3.05) is 0 Å². The van der Waals surface area contributed by atoms with Crippen molar-refractivity contribution in [1.82, 2.24) is 4.98 Å². The Morgan fingerprint density at radius 1 is 1.23 bits per heavy atom. The Bertz CT molecular complexity index is 356. The van der Waals surface area contributed by atoms with E-state index in [9.17, 15) is 0 Å². The lowest BCUT2D eigenvalue weighted by Crippen LogP contribution is -2.11. The molecule has 0 aliphatic carbocycles. The van der Waals surface area contributed by atoms with Gasteiger partial charge in [-0.1, -0.05) is 30.3 Å². The average Bonchev–Trinajstić information content (AvgIpc) is 2.71. The molecule has 13 heavy (non-hydrogen) atoms. The average molecular weight is 174 g/mol. The Labute approximate surface area is 76.2 Å². The molecule has 66 valence electrons. The maximum Gasteiger partial charge on any atom is 0.180 e. The van der Waals surface area contributed by atoms with Crippen LogP contribution in [0.15, 0.2) is 47.4 Å². The number of benzene rings is 1. The summed E-state index contributed by atoms with van der Waals surface area (Å²) in [7, 11) is 0. The third-order valence-corrected chi connectivity index (χ3v) is 1.93. The monoisotopic (exact) mass is 174 g/mol. The van der Waals surface area contributed by atoms with Crippen LogP contribution in [0.3, 0.4) is 0 Å². The maximum absolute atomic E-state index is 5.94. The highest BCUT2D eigenvalue weighted by Gasteiger charge is 2.09. The molecule has 1 unspecified atom stereocenters. The minimum atomic E-state index is -0.194. The van der Waals surface area contributed by atoms with E-state index in [-0.39, 0.29) is 6.04 Å². The molecule has 1 aromatic carbocycles. The van der Waals surface area contributed by atoms with Crippen LogP contribution in [-0.4, -0.2) is 4.98 Å². The number of aromatic nitrogens is 1. The highest BCUT2D eigenvalue weighted by atomic mass is 16.3. The van der Waals surface area contributed by atoms with E-state index in [0.29, 0.717) is 0 Å². The summed E-state index contributed by atoms with van der Waals surface area (Å²) in [6, 6.07) is 9.61. The van der Waals surface area contributed by atoms with Gasteiger partial charge in [0.05, 0.1) is 6.04 Å². The molecule has 0 spiro atoms. The molecule has 2 N–H and O–H groups in total. The van der Waals surface area contributed by atoms with Gasteiger partial charge in [-0.3, -0.25) is 0 Å². The zero-order valence-electron chi connectivity index (χ0n) is 7.05. The molecule has 1 heterocycles. The first-order chi connectivity index (χ1) is 6.38. The van der Waals surface area contributed by atoms with Crippen molar-refractivity contribution in [2.24, 2.45) is 5.73 Å². The summed E-state index contributed by atoms with van der Waals surface area (Å²) in [5, 5.41) is 0. The van der Waals surface area contributed by atoms with Gasteiger partial charge in [0.25, 0.3) is 0 Å². The predicted octanol–water partition coefficient (Wildman–Crippen LogP) is 1.72. The van der Waals surface area contributed by atoms with E-state index in [1.54, 1.807) is 6.26 Å². The van der Waals surface area contributed by atoms with Crippen molar-refractivity contribution >= 4 is 0 Å². The van der Waals surface area contributed by atoms with Crippen LogP contribution in [0.5, 0.6) is 0 Å². The van der Waals surface area contributed by atoms with Gasteiger partial charge >= 0.3 is 0 Å². The van der Waals surface area contributed by atoms with Crippen molar-refractivity contribution in [3.8, 4) is 0 Å². The van der Waals surface area contributed by atoms with Gasteiger partial charge in [-0.25, -0.2) is 4.98 Å². The van der Waals surface area contributed by atoms with Crippen LogP contribution in [0.2, 0.25) is 0 Å². The maximum atomic E-state index is 5.94. The van der Waals surface area contributed by atoms with Crippen LogP contribution < -0.4 is 5.73 Å². The van der Waals surface area contributed by atoms with Crippen molar-refractivity contribution in [3.63, 3.8) is 0 Å². The third-order valence-electron chi connectivity index (χ3n) is 1.93. The summed E-state index contributed by atoms with van der Waals surface area (Å²) in [5.74, 6) is 0. The van der Waals surface area contributed by atoms with Crippen molar-refractivity contribution in [1.29, 1.82) is 0 Å². The van der Waals surface area contributed by atoms with Crippen LogP contribution in [0.1, 0.15) is 17.3 Å². The first-order valence-corrected chi connectivity index (χ1v) is 4.06. The first kappa shape index (κ1) is 8.01. The van der Waals surface area contributed by atoms with E-state index in [0.717, 1.165) is 11.3 Å². The first-order valence-electron chi connectivity index (χ1n) is 4.06. The second-order valence-electron chi connectivity index (χ2n) is 2.80. The second-order valence-corrected chi connectivity index (χ2v) is 2.80. The largest absolute Gasteiger partial charge is 0.451 e. The summed E-state index contributed by atoms with van der Waals surface area (Å²) in [6.07, 6.45) is 2.95. The lowest BCUT2D eigenvalue weighted by molar-refractivity contribution is 0.555. The molecular weight excluding hydrogens is 164 g/mol. The Morgan fingerprint density at radius 2 is 2.00 bits per heavy atom. The van der Waals surface area contributed by atoms with Gasteiger partial charge in [0.2, 0.25) is 0 Å². The quantitative estimate of drug-likeness (QED) is 0.754. The number of oxazole rings is 1. The highest BCUT2D eigenvalue weighted by Crippen LogP contribution is 2.16. The molecule has 0 bridgehead atoms. The number of hydrogen-bond acceptors (Lipinski definition) is 3. The summed E-state index contributed by atoms with van der Waals surface area (Å²) < 4.78 is 4.87. The highest BCUT2D eigenvalue weighted by molar-refractivity contribution is 5.25. The van der Waals surface area contributed by atoms with Gasteiger partial charge in [-0.05, 0) is 5.56 Å². The number of nitrogens with zero attached hydrogens (tertiary/aromatic N) is 1. The molecule has 1 aromatic heterocycles. The lowest BCUT2D eigenvalue weighted by Gasteiger charge is -2.07. The summed E-state index contributed by atoms with van der Waals surface area (Å²) in [6.45, 7) is 0. The molecule has 0 saturated carbocycles. The molecule has 0 saturated heterocycles. The number of hydrogen-bond donors (Lipinski definition) is 1. The standard InChI is InChI=1S/C10H10N2O/c11-10(9-6-13-7-12-9)8-4-2-1-3-5-8/h1-7,10H,11H2. The smallest absolute Gasteiger partial charge is 0.180 e. The normalized spacial score (nSPS) is 12.7. The molecule has 1 atom stereocenters. The molecule has 0 amide bonds. The van der Waals surface area contributed by atoms with E-state index in [4.69, 9.17) is 10.2 Å². The fourth-order valence-electron chi connectivity index (χ4n) is 1.21. The van der Waals surface area contributed by atoms with Gasteiger partial charge in [-0.15, -0.1) is 0 Å². The van der Waals surface area contributed by atoms with Gasteiger partial charge in [0.1, 0.15) is 12.0 Å². The molecule has 0 fully saturated rings. The molecule has 0 aliphatic rings. The number of nitrogens with two attached hydrogens (primary N) is 1. The van der Waals surface area contributed by atoms with E-state index in [1.807, 2.05) is 30.3 Å². The third kappa shape index (κ3) is 1.60.